The second kappa shape index (κ2) is 10.0. The molecule has 0 spiro atoms. The number of aliphatic hydroxyl groups is 1. The smallest absolute Gasteiger partial charge is 0.385 e. The number of nitrogens with zero attached hydrogens (tertiary/aromatic N) is 5. The average molecular weight is 458 g/mol. The van der Waals surface area contributed by atoms with Crippen LogP contribution >= 0.6 is 0 Å². The lowest BCUT2D eigenvalue weighted by Crippen LogP contribution is -2.31. The maximum absolute atomic E-state index is 11.3. The monoisotopic (exact) mass is 457 g/mol. The van der Waals surface area contributed by atoms with Crippen molar-refractivity contribution in [2.45, 2.75) is 84.3 Å². The molecule has 2 fully saturated rings. The standard InChI is InChI=1S/C16H21N7O3.C7H14/c1-7(9-5-4-6-9)17-11-10-12(20-15(8(2)24)23(10)3)19-13(18-11)14-21-16(25)26-22-14;1-7-5-3-2-4-6-7/h7-9,24H,4-6H2,1-3H3,(H,17,18,19)(H,21,22,25);7H,2-6H2,1H3. The van der Waals surface area contributed by atoms with Crippen LogP contribution in [0.5, 0.6) is 0 Å². The zero-order chi connectivity index (χ0) is 23.5. The van der Waals surface area contributed by atoms with Crippen molar-refractivity contribution in [3.05, 3.63) is 16.4 Å². The van der Waals surface area contributed by atoms with Gasteiger partial charge < -0.3 is 15.0 Å². The van der Waals surface area contributed by atoms with Gasteiger partial charge in [0.05, 0.1) is 0 Å². The third-order valence-corrected chi connectivity index (χ3v) is 6.91. The van der Waals surface area contributed by atoms with E-state index in [-0.39, 0.29) is 17.7 Å². The van der Waals surface area contributed by atoms with Crippen LogP contribution in [0.15, 0.2) is 9.32 Å². The van der Waals surface area contributed by atoms with Crippen LogP contribution in [0.1, 0.15) is 84.1 Å². The van der Waals surface area contributed by atoms with Gasteiger partial charge in [0.25, 0.3) is 0 Å². The molecule has 180 valence electrons. The van der Waals surface area contributed by atoms with Crippen molar-refractivity contribution in [1.82, 2.24) is 29.7 Å². The minimum atomic E-state index is -0.749. The number of rotatable bonds is 5. The fourth-order valence-corrected chi connectivity index (χ4v) is 4.61. The molecule has 10 heteroatoms. The van der Waals surface area contributed by atoms with Gasteiger partial charge in [-0.3, -0.25) is 9.51 Å². The molecule has 0 amide bonds. The van der Waals surface area contributed by atoms with Gasteiger partial charge in [0.1, 0.15) is 17.4 Å². The van der Waals surface area contributed by atoms with Crippen molar-refractivity contribution in [2.75, 3.05) is 5.32 Å². The van der Waals surface area contributed by atoms with Gasteiger partial charge >= 0.3 is 5.76 Å². The maximum atomic E-state index is 11.3. The number of aliphatic hydroxyl groups excluding tert-OH is 1. The van der Waals surface area contributed by atoms with Crippen LogP contribution in [0.2, 0.25) is 0 Å². The molecule has 33 heavy (non-hydrogen) atoms. The lowest BCUT2D eigenvalue weighted by atomic mass is 9.80. The van der Waals surface area contributed by atoms with Crippen LogP contribution in [-0.2, 0) is 7.05 Å². The van der Waals surface area contributed by atoms with Crippen LogP contribution in [0.25, 0.3) is 22.8 Å². The number of aromatic amines is 1. The molecule has 0 saturated heterocycles. The highest BCUT2D eigenvalue weighted by molar-refractivity contribution is 5.85. The second-order valence-corrected chi connectivity index (χ2v) is 9.58. The summed E-state index contributed by atoms with van der Waals surface area (Å²) >= 11 is 0. The van der Waals surface area contributed by atoms with Crippen LogP contribution in [0.4, 0.5) is 5.82 Å². The van der Waals surface area contributed by atoms with Gasteiger partial charge in [-0.2, -0.15) is 0 Å². The predicted molar refractivity (Wildman–Crippen MR) is 126 cm³/mol. The summed E-state index contributed by atoms with van der Waals surface area (Å²) in [5, 5.41) is 17.1. The molecule has 2 aliphatic carbocycles. The molecular formula is C23H35N7O3. The topological polar surface area (TPSA) is 135 Å². The SMILES string of the molecule is CC(O)c1nc2nc(-c3noc(=O)[nH]3)nc(NC(C)C3CCC3)c2n1C.CC1CCCCC1. The number of fused-ring (bicyclic) bond motifs is 1. The normalized spacial score (nSPS) is 18.9. The molecule has 2 saturated carbocycles. The van der Waals surface area contributed by atoms with Crippen LogP contribution in [0, 0.1) is 11.8 Å². The zero-order valence-corrected chi connectivity index (χ0v) is 20.0. The fraction of sp³-hybridized carbons (Fsp3) is 0.696. The van der Waals surface area contributed by atoms with Gasteiger partial charge in [-0.15, -0.1) is 0 Å². The molecule has 0 aliphatic heterocycles. The van der Waals surface area contributed by atoms with E-state index < -0.39 is 11.9 Å². The Kier molecular flexibility index (Phi) is 7.11. The number of hydrogen-bond donors (Lipinski definition) is 3. The van der Waals surface area contributed by atoms with Crippen molar-refractivity contribution in [3.8, 4) is 11.6 Å². The number of aryl methyl sites for hydroxylation is 1. The highest BCUT2D eigenvalue weighted by Crippen LogP contribution is 2.33. The van der Waals surface area contributed by atoms with E-state index in [4.69, 9.17) is 0 Å². The predicted octanol–water partition coefficient (Wildman–Crippen LogP) is 3.95. The number of imidazole rings is 1. The molecule has 0 bridgehead atoms. The van der Waals surface area contributed by atoms with Gasteiger partial charge in [0, 0.05) is 13.1 Å². The number of hydrogen-bond acceptors (Lipinski definition) is 8. The van der Waals surface area contributed by atoms with Gasteiger partial charge in [0.2, 0.25) is 11.6 Å². The summed E-state index contributed by atoms with van der Waals surface area (Å²) in [4.78, 5) is 27.1. The highest BCUT2D eigenvalue weighted by atomic mass is 16.5. The molecule has 3 aromatic rings. The number of anilines is 1. The summed E-state index contributed by atoms with van der Waals surface area (Å²) in [7, 11) is 1.82. The van der Waals surface area contributed by atoms with Crippen LogP contribution in [0.3, 0.4) is 0 Å². The quantitative estimate of drug-likeness (QED) is 0.524. The number of aromatic nitrogens is 6. The van der Waals surface area contributed by atoms with Crippen molar-refractivity contribution >= 4 is 17.0 Å². The summed E-state index contributed by atoms with van der Waals surface area (Å²) in [5.74, 6) is 2.39. The molecule has 0 aromatic carbocycles. The lowest BCUT2D eigenvalue weighted by Gasteiger charge is -2.32. The number of nitrogens with one attached hydrogen (secondary N) is 2. The molecule has 3 heterocycles. The Bertz CT molecular complexity index is 1120. The van der Waals surface area contributed by atoms with Crippen molar-refractivity contribution in [3.63, 3.8) is 0 Å². The summed E-state index contributed by atoms with van der Waals surface area (Å²) in [6.45, 7) is 6.13. The van der Waals surface area contributed by atoms with E-state index in [0.29, 0.717) is 28.7 Å². The first-order chi connectivity index (χ1) is 15.8. The Morgan fingerprint density at radius 1 is 1.09 bits per heavy atom. The fourth-order valence-electron chi connectivity index (χ4n) is 4.61. The lowest BCUT2D eigenvalue weighted by molar-refractivity contribution is 0.186. The first-order valence-corrected chi connectivity index (χ1v) is 12.1. The van der Waals surface area contributed by atoms with E-state index in [2.05, 4.69) is 48.8 Å². The third kappa shape index (κ3) is 5.26. The highest BCUT2D eigenvalue weighted by Gasteiger charge is 2.27. The Balaban J connectivity index is 0.000000318. The average Bonchev–Trinajstić information content (AvgIpc) is 3.31. The molecule has 5 rings (SSSR count). The van der Waals surface area contributed by atoms with E-state index in [1.54, 1.807) is 11.5 Å². The van der Waals surface area contributed by atoms with Gasteiger partial charge in [-0.25, -0.2) is 19.7 Å². The molecule has 2 aliphatic rings. The number of H-pyrrole nitrogens is 1. The Morgan fingerprint density at radius 2 is 1.82 bits per heavy atom. The summed E-state index contributed by atoms with van der Waals surface area (Å²) < 4.78 is 6.34. The Labute approximate surface area is 193 Å². The summed E-state index contributed by atoms with van der Waals surface area (Å²) in [6.07, 6.45) is 10.3. The van der Waals surface area contributed by atoms with Crippen LogP contribution in [-0.4, -0.2) is 40.8 Å². The molecule has 0 radical (unpaired) electrons. The van der Waals surface area contributed by atoms with E-state index >= 15 is 0 Å². The van der Waals surface area contributed by atoms with Crippen LogP contribution < -0.4 is 11.1 Å². The van der Waals surface area contributed by atoms with E-state index in [0.717, 1.165) is 5.92 Å². The van der Waals surface area contributed by atoms with Crippen molar-refractivity contribution in [1.29, 1.82) is 0 Å². The maximum Gasteiger partial charge on any atom is 0.439 e. The first-order valence-electron chi connectivity index (χ1n) is 12.1. The Hall–Kier alpha value is -2.75. The molecule has 3 N–H and O–H groups in total. The van der Waals surface area contributed by atoms with Gasteiger partial charge in [-0.1, -0.05) is 50.6 Å². The second-order valence-electron chi connectivity index (χ2n) is 9.58. The first kappa shape index (κ1) is 23.4. The third-order valence-electron chi connectivity index (χ3n) is 6.91. The molecule has 2 unspecified atom stereocenters. The van der Waals surface area contributed by atoms with E-state index in [1.165, 1.54) is 51.4 Å². The molecule has 10 nitrogen and oxygen atoms in total. The van der Waals surface area contributed by atoms with Gasteiger partial charge in [-0.05, 0) is 38.5 Å². The Morgan fingerprint density at radius 3 is 2.33 bits per heavy atom. The van der Waals surface area contributed by atoms with E-state index in [9.17, 15) is 9.90 Å². The molecular weight excluding hydrogens is 422 g/mol. The molecule has 2 atom stereocenters. The zero-order valence-electron chi connectivity index (χ0n) is 20.0. The minimum absolute atomic E-state index is 0.139. The largest absolute Gasteiger partial charge is 0.439 e. The van der Waals surface area contributed by atoms with Gasteiger partial charge in [0.15, 0.2) is 11.5 Å². The molecule has 3 aromatic heterocycles. The summed E-state index contributed by atoms with van der Waals surface area (Å²) in [5.41, 5.74) is 1.11. The summed E-state index contributed by atoms with van der Waals surface area (Å²) in [6, 6.07) is 0.232. The minimum Gasteiger partial charge on any atom is -0.385 e. The van der Waals surface area contributed by atoms with Crippen molar-refractivity contribution in [2.24, 2.45) is 18.9 Å². The van der Waals surface area contributed by atoms with E-state index in [1.807, 2.05) is 7.05 Å². The van der Waals surface area contributed by atoms with Crippen molar-refractivity contribution < 1.29 is 9.63 Å².